The van der Waals surface area contributed by atoms with E-state index in [9.17, 15) is 19.5 Å². The summed E-state index contributed by atoms with van der Waals surface area (Å²) < 4.78 is 5.31. The van der Waals surface area contributed by atoms with Gasteiger partial charge in [0.1, 0.15) is 10.8 Å². The lowest BCUT2D eigenvalue weighted by atomic mass is 9.82. The Hall–Kier alpha value is -3.13. The molecule has 2 atom stereocenters. The molecule has 1 aliphatic carbocycles. The number of aryl methyl sites for hydroxylation is 1. The van der Waals surface area contributed by atoms with Crippen molar-refractivity contribution in [2.75, 3.05) is 17.7 Å². The first-order valence-corrected chi connectivity index (χ1v) is 10.9. The number of hydrogen-bond acceptors (Lipinski definition) is 5. The molecular weight excluding hydrogens is 416 g/mol. The molecule has 0 fully saturated rings. The summed E-state index contributed by atoms with van der Waals surface area (Å²) in [5, 5.41) is 15.6. The number of methoxy groups -OCH3 is 1. The molecule has 2 amide bonds. The Balaban J connectivity index is 1.90. The zero-order valence-electron chi connectivity index (χ0n) is 17.7. The molecule has 3 N–H and O–H groups in total. The molecule has 8 heteroatoms. The van der Waals surface area contributed by atoms with E-state index in [4.69, 9.17) is 4.74 Å². The molecule has 1 aliphatic rings. The van der Waals surface area contributed by atoms with E-state index in [1.165, 1.54) is 18.4 Å². The number of thiophene rings is 1. The average Bonchev–Trinajstić information content (AvgIpc) is 3.08. The number of carbonyl (C=O) groups excluding carboxylic acids is 2. The van der Waals surface area contributed by atoms with E-state index < -0.39 is 17.8 Å². The maximum atomic E-state index is 13.2. The van der Waals surface area contributed by atoms with Crippen molar-refractivity contribution >= 4 is 39.8 Å². The normalized spacial score (nSPS) is 17.8. The number of hydrogen-bond donors (Lipinski definition) is 3. The molecule has 1 aromatic carbocycles. The first-order chi connectivity index (χ1) is 14.9. The topological polar surface area (TPSA) is 105 Å². The number of allylic oxidation sites excluding steroid dienone is 2. The van der Waals surface area contributed by atoms with E-state index in [1.54, 1.807) is 24.3 Å². The Labute approximate surface area is 185 Å². The lowest BCUT2D eigenvalue weighted by Crippen LogP contribution is -2.35. The van der Waals surface area contributed by atoms with E-state index in [0.29, 0.717) is 41.3 Å². The standard InChI is InChI=1S/C23H26N2O5S/c1-4-14-13(2)31-22(25-20(26)15-9-5-6-10-16(15)23(28)29)19(14)21(27)24-17-11-7-8-12-18(17)30-3/h5-8,11-12,15-16H,4,9-10H2,1-3H3,(H,24,27)(H,25,26)(H,28,29). The van der Waals surface area contributed by atoms with Gasteiger partial charge in [-0.3, -0.25) is 14.4 Å². The third-order valence-corrected chi connectivity index (χ3v) is 6.53. The van der Waals surface area contributed by atoms with Crippen LogP contribution in [0, 0.1) is 18.8 Å². The predicted octanol–water partition coefficient (Wildman–Crippen LogP) is 4.49. The Morgan fingerprint density at radius 2 is 1.81 bits per heavy atom. The average molecular weight is 443 g/mol. The largest absolute Gasteiger partial charge is 0.495 e. The van der Waals surface area contributed by atoms with Crippen LogP contribution in [0.25, 0.3) is 0 Å². The third-order valence-electron chi connectivity index (χ3n) is 5.47. The van der Waals surface area contributed by atoms with Gasteiger partial charge in [0.25, 0.3) is 5.91 Å². The summed E-state index contributed by atoms with van der Waals surface area (Å²) >= 11 is 1.33. The SMILES string of the molecule is CCc1c(C)sc(NC(=O)C2CC=CCC2C(=O)O)c1C(=O)Nc1ccccc1OC. The van der Waals surface area contributed by atoms with Crippen LogP contribution < -0.4 is 15.4 Å². The second-order valence-corrected chi connectivity index (χ2v) is 8.56. The molecule has 0 saturated carbocycles. The molecule has 0 aliphatic heterocycles. The highest BCUT2D eigenvalue weighted by atomic mass is 32.1. The maximum absolute atomic E-state index is 13.2. The molecule has 2 aromatic rings. The molecule has 2 unspecified atom stereocenters. The van der Waals surface area contributed by atoms with Gasteiger partial charge in [0.05, 0.1) is 30.2 Å². The zero-order valence-corrected chi connectivity index (χ0v) is 18.5. The lowest BCUT2D eigenvalue weighted by molar-refractivity contribution is -0.146. The van der Waals surface area contributed by atoms with Crippen LogP contribution in [-0.2, 0) is 16.0 Å². The van der Waals surface area contributed by atoms with Crippen LogP contribution in [0.5, 0.6) is 5.75 Å². The molecule has 0 saturated heterocycles. The van der Waals surface area contributed by atoms with Crippen molar-refractivity contribution in [3.8, 4) is 5.75 Å². The van der Waals surface area contributed by atoms with Crippen molar-refractivity contribution in [2.45, 2.75) is 33.1 Å². The van der Waals surface area contributed by atoms with Crippen molar-refractivity contribution in [3.63, 3.8) is 0 Å². The van der Waals surface area contributed by atoms with Crippen molar-refractivity contribution in [1.82, 2.24) is 0 Å². The van der Waals surface area contributed by atoms with Crippen LogP contribution in [0.2, 0.25) is 0 Å². The highest BCUT2D eigenvalue weighted by molar-refractivity contribution is 7.16. The summed E-state index contributed by atoms with van der Waals surface area (Å²) in [6.45, 7) is 3.86. The molecule has 0 bridgehead atoms. The number of anilines is 2. The predicted molar refractivity (Wildman–Crippen MR) is 121 cm³/mol. The van der Waals surface area contributed by atoms with Gasteiger partial charge in [-0.15, -0.1) is 11.3 Å². The van der Waals surface area contributed by atoms with Gasteiger partial charge in [0.15, 0.2) is 0 Å². The minimum Gasteiger partial charge on any atom is -0.495 e. The van der Waals surface area contributed by atoms with Gasteiger partial charge >= 0.3 is 5.97 Å². The maximum Gasteiger partial charge on any atom is 0.307 e. The van der Waals surface area contributed by atoms with Crippen molar-refractivity contribution in [1.29, 1.82) is 0 Å². The fourth-order valence-electron chi connectivity index (χ4n) is 3.85. The lowest BCUT2D eigenvalue weighted by Gasteiger charge is -2.24. The van der Waals surface area contributed by atoms with Crippen LogP contribution >= 0.6 is 11.3 Å². The molecule has 3 rings (SSSR count). The van der Waals surface area contributed by atoms with Crippen LogP contribution in [0.3, 0.4) is 0 Å². The number of carboxylic acids is 1. The Morgan fingerprint density at radius 1 is 1.13 bits per heavy atom. The number of para-hydroxylation sites is 2. The van der Waals surface area contributed by atoms with E-state index >= 15 is 0 Å². The van der Waals surface area contributed by atoms with Gasteiger partial charge in [-0.1, -0.05) is 31.2 Å². The summed E-state index contributed by atoms with van der Waals surface area (Å²) in [7, 11) is 1.53. The summed E-state index contributed by atoms with van der Waals surface area (Å²) in [5.41, 5.74) is 1.79. The molecule has 0 radical (unpaired) electrons. The quantitative estimate of drug-likeness (QED) is 0.548. The molecule has 164 valence electrons. The van der Waals surface area contributed by atoms with Crippen LogP contribution in [0.1, 0.15) is 40.6 Å². The van der Waals surface area contributed by atoms with E-state index in [2.05, 4.69) is 10.6 Å². The number of ether oxygens (including phenoxy) is 1. The second-order valence-electron chi connectivity index (χ2n) is 7.33. The number of nitrogens with one attached hydrogen (secondary N) is 2. The van der Waals surface area contributed by atoms with Crippen molar-refractivity contribution in [2.24, 2.45) is 11.8 Å². The first-order valence-electron chi connectivity index (χ1n) is 10.1. The number of carboxylic acid groups (broad SMARTS) is 1. The first kappa shape index (κ1) is 22.6. The molecule has 31 heavy (non-hydrogen) atoms. The van der Waals surface area contributed by atoms with Gasteiger partial charge in [-0.2, -0.15) is 0 Å². The minimum atomic E-state index is -0.991. The van der Waals surface area contributed by atoms with Gasteiger partial charge in [-0.05, 0) is 43.9 Å². The third kappa shape index (κ3) is 4.80. The number of aliphatic carboxylic acids is 1. The van der Waals surface area contributed by atoms with Crippen LogP contribution in [0.15, 0.2) is 36.4 Å². The highest BCUT2D eigenvalue weighted by Gasteiger charge is 2.35. The molecule has 1 heterocycles. The van der Waals surface area contributed by atoms with E-state index in [1.807, 2.05) is 26.0 Å². The summed E-state index contributed by atoms with van der Waals surface area (Å²) in [4.78, 5) is 38.7. The zero-order chi connectivity index (χ0) is 22.5. The number of carbonyl (C=O) groups is 3. The summed E-state index contributed by atoms with van der Waals surface area (Å²) in [5.74, 6) is -2.64. The number of benzene rings is 1. The Morgan fingerprint density at radius 3 is 2.45 bits per heavy atom. The number of rotatable bonds is 7. The molecular formula is C23H26N2O5S. The second kappa shape index (κ2) is 9.78. The van der Waals surface area contributed by atoms with Gasteiger partial charge in [0, 0.05) is 4.88 Å². The van der Waals surface area contributed by atoms with Crippen LogP contribution in [-0.4, -0.2) is 30.0 Å². The van der Waals surface area contributed by atoms with Crippen molar-refractivity contribution < 1.29 is 24.2 Å². The van der Waals surface area contributed by atoms with Gasteiger partial charge in [-0.25, -0.2) is 0 Å². The fourth-order valence-corrected chi connectivity index (χ4v) is 4.99. The highest BCUT2D eigenvalue weighted by Crippen LogP contribution is 2.36. The minimum absolute atomic E-state index is 0.318. The van der Waals surface area contributed by atoms with Crippen molar-refractivity contribution in [3.05, 3.63) is 52.4 Å². The fraction of sp³-hybridized carbons (Fsp3) is 0.348. The molecule has 7 nitrogen and oxygen atoms in total. The smallest absolute Gasteiger partial charge is 0.307 e. The van der Waals surface area contributed by atoms with E-state index in [-0.39, 0.29) is 11.8 Å². The monoisotopic (exact) mass is 442 g/mol. The Bertz CT molecular complexity index is 1030. The Kier molecular flexibility index (Phi) is 7.12. The van der Waals surface area contributed by atoms with Gasteiger partial charge < -0.3 is 20.5 Å². The van der Waals surface area contributed by atoms with Gasteiger partial charge in [0.2, 0.25) is 5.91 Å². The van der Waals surface area contributed by atoms with E-state index in [0.717, 1.165) is 10.4 Å². The molecule has 0 spiro atoms. The summed E-state index contributed by atoms with van der Waals surface area (Å²) in [6, 6.07) is 7.10. The number of amides is 2. The summed E-state index contributed by atoms with van der Waals surface area (Å²) in [6.07, 6.45) is 4.92. The molecule has 1 aromatic heterocycles. The van der Waals surface area contributed by atoms with Crippen LogP contribution in [0.4, 0.5) is 10.7 Å².